The van der Waals surface area contributed by atoms with E-state index in [0.29, 0.717) is 44.8 Å². The summed E-state index contributed by atoms with van der Waals surface area (Å²) in [5.74, 6) is 1.23. The van der Waals surface area contributed by atoms with Gasteiger partial charge in [0.05, 0.1) is 29.2 Å². The van der Waals surface area contributed by atoms with Crippen LogP contribution in [0.15, 0.2) is 48.9 Å². The van der Waals surface area contributed by atoms with Crippen molar-refractivity contribution in [3.8, 4) is 11.5 Å². The molecule has 160 valence electrons. The number of pyridine rings is 1. The number of rotatable bonds is 7. The number of halogens is 1. The smallest absolute Gasteiger partial charge is 0.156 e. The van der Waals surface area contributed by atoms with E-state index in [-0.39, 0.29) is 6.10 Å². The maximum absolute atomic E-state index is 15.1. The summed E-state index contributed by atoms with van der Waals surface area (Å²) in [6.45, 7) is 2.71. The van der Waals surface area contributed by atoms with Gasteiger partial charge >= 0.3 is 0 Å². The first kappa shape index (κ1) is 20.7. The van der Waals surface area contributed by atoms with E-state index in [2.05, 4.69) is 20.3 Å². The topological polar surface area (TPSA) is 72.4 Å². The standard InChI is InChI=1S/C23H24FN5O2/c1-14(12-29(2)3)31-20-11-15(30-4)10-19-21(20)23(27-13-26-19)28-18-8-7-17-16(22(18)24)6-5-9-25-17/h5-11,13-14H,12H2,1-4H3,(H,26,27,28)/t14-/m1/s1. The van der Waals surface area contributed by atoms with Crippen molar-refractivity contribution in [3.63, 3.8) is 0 Å². The molecule has 0 aliphatic carbocycles. The van der Waals surface area contributed by atoms with Gasteiger partial charge in [-0.15, -0.1) is 0 Å². The Morgan fingerprint density at radius 1 is 1.10 bits per heavy atom. The van der Waals surface area contributed by atoms with Gasteiger partial charge in [-0.1, -0.05) is 0 Å². The van der Waals surface area contributed by atoms with Gasteiger partial charge in [0, 0.05) is 30.3 Å². The molecule has 0 spiro atoms. The molecule has 0 unspecified atom stereocenters. The van der Waals surface area contributed by atoms with Crippen LogP contribution in [0.25, 0.3) is 21.8 Å². The maximum atomic E-state index is 15.1. The Labute approximate surface area is 179 Å². The molecule has 31 heavy (non-hydrogen) atoms. The van der Waals surface area contributed by atoms with Gasteiger partial charge in [-0.05, 0) is 45.3 Å². The van der Waals surface area contributed by atoms with Crippen molar-refractivity contribution >= 4 is 33.3 Å². The highest BCUT2D eigenvalue weighted by Crippen LogP contribution is 2.36. The number of benzene rings is 2. The van der Waals surface area contributed by atoms with Crippen LogP contribution >= 0.6 is 0 Å². The second-order valence-corrected chi connectivity index (χ2v) is 7.55. The SMILES string of the molecule is COc1cc(O[C@H](C)CN(C)C)c2c(Nc3ccc4ncccc4c3F)ncnc2c1. The van der Waals surface area contributed by atoms with Crippen LogP contribution in [0.3, 0.4) is 0 Å². The van der Waals surface area contributed by atoms with E-state index in [1.165, 1.54) is 6.33 Å². The van der Waals surface area contributed by atoms with Gasteiger partial charge in [0.1, 0.15) is 29.7 Å². The van der Waals surface area contributed by atoms with Crippen LogP contribution in [-0.4, -0.2) is 53.7 Å². The highest BCUT2D eigenvalue weighted by Gasteiger charge is 2.17. The Hall–Kier alpha value is -3.52. The first-order valence-corrected chi connectivity index (χ1v) is 9.90. The summed E-state index contributed by atoms with van der Waals surface area (Å²) >= 11 is 0. The Morgan fingerprint density at radius 3 is 2.71 bits per heavy atom. The zero-order valence-corrected chi connectivity index (χ0v) is 17.9. The lowest BCUT2D eigenvalue weighted by Crippen LogP contribution is -2.28. The molecule has 4 rings (SSSR count). The Bertz CT molecular complexity index is 1230. The summed E-state index contributed by atoms with van der Waals surface area (Å²) in [7, 11) is 5.56. The van der Waals surface area contributed by atoms with E-state index in [9.17, 15) is 0 Å². The Morgan fingerprint density at radius 2 is 1.94 bits per heavy atom. The predicted molar refractivity (Wildman–Crippen MR) is 120 cm³/mol. The van der Waals surface area contributed by atoms with E-state index in [1.807, 2.05) is 25.9 Å². The molecule has 0 bridgehead atoms. The average molecular weight is 421 g/mol. The minimum atomic E-state index is -0.394. The molecule has 2 aromatic carbocycles. The highest BCUT2D eigenvalue weighted by molar-refractivity contribution is 5.97. The lowest BCUT2D eigenvalue weighted by atomic mass is 10.1. The van der Waals surface area contributed by atoms with Crippen molar-refractivity contribution in [2.75, 3.05) is 33.1 Å². The van der Waals surface area contributed by atoms with Crippen LogP contribution in [0.4, 0.5) is 15.9 Å². The molecule has 2 aromatic heterocycles. The minimum absolute atomic E-state index is 0.0955. The van der Waals surface area contributed by atoms with Gasteiger partial charge in [-0.3, -0.25) is 4.98 Å². The average Bonchev–Trinajstić information content (AvgIpc) is 2.75. The lowest BCUT2D eigenvalue weighted by molar-refractivity contribution is 0.178. The maximum Gasteiger partial charge on any atom is 0.156 e. The molecule has 4 aromatic rings. The number of fused-ring (bicyclic) bond motifs is 2. The molecular formula is C23H24FN5O2. The zero-order valence-electron chi connectivity index (χ0n) is 17.9. The monoisotopic (exact) mass is 421 g/mol. The molecule has 0 saturated carbocycles. The number of likely N-dealkylation sites (N-methyl/N-ethyl adjacent to an activating group) is 1. The number of hydrogen-bond acceptors (Lipinski definition) is 7. The van der Waals surface area contributed by atoms with Gasteiger partial charge in [0.25, 0.3) is 0 Å². The van der Waals surface area contributed by atoms with Gasteiger partial charge in [0.15, 0.2) is 5.82 Å². The van der Waals surface area contributed by atoms with Crippen molar-refractivity contribution in [2.45, 2.75) is 13.0 Å². The summed E-state index contributed by atoms with van der Waals surface area (Å²) in [5, 5.41) is 4.20. The fourth-order valence-corrected chi connectivity index (χ4v) is 3.54. The molecule has 1 N–H and O–H groups in total. The normalized spacial score (nSPS) is 12.3. The Balaban J connectivity index is 1.80. The van der Waals surface area contributed by atoms with Crippen molar-refractivity contribution in [3.05, 3.63) is 54.7 Å². The molecule has 0 fully saturated rings. The van der Waals surface area contributed by atoms with E-state index in [0.717, 1.165) is 6.54 Å². The van der Waals surface area contributed by atoms with E-state index < -0.39 is 5.82 Å². The van der Waals surface area contributed by atoms with E-state index in [4.69, 9.17) is 9.47 Å². The molecule has 0 amide bonds. The van der Waals surface area contributed by atoms with E-state index >= 15 is 4.39 Å². The second-order valence-electron chi connectivity index (χ2n) is 7.55. The van der Waals surface area contributed by atoms with Gasteiger partial charge in [0.2, 0.25) is 0 Å². The molecule has 1 atom stereocenters. The molecule has 0 aliphatic heterocycles. The van der Waals surface area contributed by atoms with Crippen LogP contribution in [0.2, 0.25) is 0 Å². The molecular weight excluding hydrogens is 397 g/mol. The fraction of sp³-hybridized carbons (Fsp3) is 0.261. The Kier molecular flexibility index (Phi) is 5.81. The fourth-order valence-electron chi connectivity index (χ4n) is 3.54. The summed E-state index contributed by atoms with van der Waals surface area (Å²) < 4.78 is 26.8. The minimum Gasteiger partial charge on any atom is -0.497 e. The third-order valence-electron chi connectivity index (χ3n) is 4.83. The van der Waals surface area contributed by atoms with Crippen LogP contribution in [0.5, 0.6) is 11.5 Å². The zero-order chi connectivity index (χ0) is 22.0. The first-order valence-electron chi connectivity index (χ1n) is 9.90. The molecule has 0 radical (unpaired) electrons. The predicted octanol–water partition coefficient (Wildman–Crippen LogP) is 4.40. The van der Waals surface area contributed by atoms with E-state index in [1.54, 1.807) is 49.7 Å². The molecule has 2 heterocycles. The molecule has 0 aliphatic rings. The number of anilines is 2. The summed E-state index contributed by atoms with van der Waals surface area (Å²) in [5.41, 5.74) is 1.51. The van der Waals surface area contributed by atoms with Gasteiger partial charge in [-0.25, -0.2) is 14.4 Å². The van der Waals surface area contributed by atoms with Crippen LogP contribution in [-0.2, 0) is 0 Å². The number of hydrogen-bond donors (Lipinski definition) is 1. The number of aromatic nitrogens is 3. The first-order chi connectivity index (χ1) is 15.0. The summed E-state index contributed by atoms with van der Waals surface area (Å²) in [6.07, 6.45) is 2.97. The van der Waals surface area contributed by atoms with Crippen molar-refractivity contribution in [1.29, 1.82) is 0 Å². The van der Waals surface area contributed by atoms with Crippen molar-refractivity contribution in [1.82, 2.24) is 19.9 Å². The van der Waals surface area contributed by atoms with Gasteiger partial charge < -0.3 is 19.7 Å². The molecule has 0 saturated heterocycles. The number of ether oxygens (including phenoxy) is 2. The third kappa shape index (κ3) is 4.34. The highest BCUT2D eigenvalue weighted by atomic mass is 19.1. The quantitative estimate of drug-likeness (QED) is 0.474. The van der Waals surface area contributed by atoms with Crippen LogP contribution < -0.4 is 14.8 Å². The number of methoxy groups -OCH3 is 1. The summed E-state index contributed by atoms with van der Waals surface area (Å²) in [6, 6.07) is 10.4. The van der Waals surface area contributed by atoms with Crippen LogP contribution in [0.1, 0.15) is 6.92 Å². The second kappa shape index (κ2) is 8.69. The van der Waals surface area contributed by atoms with Crippen LogP contribution in [0, 0.1) is 5.82 Å². The largest absolute Gasteiger partial charge is 0.497 e. The van der Waals surface area contributed by atoms with Gasteiger partial charge in [-0.2, -0.15) is 0 Å². The lowest BCUT2D eigenvalue weighted by Gasteiger charge is -2.21. The van der Waals surface area contributed by atoms with Crippen molar-refractivity contribution in [2.24, 2.45) is 0 Å². The number of nitrogens with one attached hydrogen (secondary N) is 1. The summed E-state index contributed by atoms with van der Waals surface area (Å²) in [4.78, 5) is 15.0. The van der Waals surface area contributed by atoms with Crippen molar-refractivity contribution < 1.29 is 13.9 Å². The third-order valence-corrected chi connectivity index (χ3v) is 4.83. The molecule has 8 heteroatoms. The number of nitrogens with zero attached hydrogens (tertiary/aromatic N) is 4. The molecule has 7 nitrogen and oxygen atoms in total.